The van der Waals surface area contributed by atoms with Gasteiger partial charge < -0.3 is 1.43 Å². The van der Waals surface area contributed by atoms with Gasteiger partial charge >= 0.3 is 18.9 Å². The SMILES string of the molecule is Cc1cccc2c1C=CC2C[Si].[H-].[Li+]. The molecule has 0 saturated heterocycles. The van der Waals surface area contributed by atoms with Gasteiger partial charge in [0.15, 0.2) is 0 Å². The first-order valence-electron chi connectivity index (χ1n) is 4.25. The standard InChI is InChI=1S/C11H11Si.Li.H/c1-8-3-2-4-11-9(7-12)5-6-10(8)11;;/h2-6,9H,7H2,1H3;;/q;+1;-1. The summed E-state index contributed by atoms with van der Waals surface area (Å²) in [6.45, 7) is 2.17. The second-order valence-electron chi connectivity index (χ2n) is 3.25. The number of hydrogen-bond donors (Lipinski definition) is 0. The molecule has 2 heteroatoms. The molecule has 1 aromatic rings. The molecule has 0 amide bonds. The maximum Gasteiger partial charge on any atom is 1.00 e. The molecule has 13 heavy (non-hydrogen) atoms. The summed E-state index contributed by atoms with van der Waals surface area (Å²) >= 11 is 0. The molecule has 1 aliphatic rings. The first-order valence-corrected chi connectivity index (χ1v) is 4.96. The van der Waals surface area contributed by atoms with Crippen molar-refractivity contribution in [3.05, 3.63) is 41.0 Å². The summed E-state index contributed by atoms with van der Waals surface area (Å²) in [6.07, 6.45) is 4.50. The zero-order valence-corrected chi connectivity index (χ0v) is 9.17. The Balaban J connectivity index is 0.000000845. The Hall–Kier alpha value is -0.226. The van der Waals surface area contributed by atoms with Crippen LogP contribution in [0.1, 0.15) is 24.0 Å². The van der Waals surface area contributed by atoms with Gasteiger partial charge in [-0.15, -0.1) is 0 Å². The van der Waals surface area contributed by atoms with E-state index in [-0.39, 0.29) is 20.3 Å². The van der Waals surface area contributed by atoms with Gasteiger partial charge in [0, 0.05) is 10.2 Å². The van der Waals surface area contributed by atoms with Crippen LogP contribution >= 0.6 is 0 Å². The Labute approximate surface area is 96.5 Å². The van der Waals surface area contributed by atoms with Gasteiger partial charge in [-0.25, -0.2) is 0 Å². The fourth-order valence-corrected chi connectivity index (χ4v) is 2.10. The van der Waals surface area contributed by atoms with Crippen LogP contribution < -0.4 is 18.9 Å². The Morgan fingerprint density at radius 1 is 1.46 bits per heavy atom. The Bertz CT molecular complexity index is 336. The average Bonchev–Trinajstić information content (AvgIpc) is 2.49. The van der Waals surface area contributed by atoms with Crippen molar-refractivity contribution in [2.75, 3.05) is 0 Å². The summed E-state index contributed by atoms with van der Waals surface area (Å²) in [6, 6.07) is 7.54. The number of hydrogen-bond acceptors (Lipinski definition) is 0. The Morgan fingerprint density at radius 3 is 2.92 bits per heavy atom. The maximum absolute atomic E-state index is 3.57. The van der Waals surface area contributed by atoms with Crippen molar-refractivity contribution in [3.63, 3.8) is 0 Å². The minimum atomic E-state index is 0. The van der Waals surface area contributed by atoms with Gasteiger partial charge in [-0.3, -0.25) is 0 Å². The summed E-state index contributed by atoms with van der Waals surface area (Å²) < 4.78 is 0. The van der Waals surface area contributed by atoms with Crippen molar-refractivity contribution >= 4 is 16.3 Å². The van der Waals surface area contributed by atoms with Crippen molar-refractivity contribution in [1.29, 1.82) is 0 Å². The van der Waals surface area contributed by atoms with E-state index >= 15 is 0 Å². The molecule has 0 heterocycles. The largest absolute Gasteiger partial charge is 1.00 e. The van der Waals surface area contributed by atoms with Crippen LogP contribution in [0.3, 0.4) is 0 Å². The quantitative estimate of drug-likeness (QED) is 0.524. The van der Waals surface area contributed by atoms with Crippen molar-refractivity contribution in [1.82, 2.24) is 0 Å². The molecule has 1 aliphatic carbocycles. The third-order valence-electron chi connectivity index (χ3n) is 2.47. The molecule has 61 valence electrons. The molecule has 0 aliphatic heterocycles. The van der Waals surface area contributed by atoms with Crippen molar-refractivity contribution in [2.24, 2.45) is 0 Å². The second kappa shape index (κ2) is 4.33. The predicted octanol–water partition coefficient (Wildman–Crippen LogP) is -0.191. The van der Waals surface area contributed by atoms with E-state index in [1.54, 1.807) is 0 Å². The van der Waals surface area contributed by atoms with Gasteiger partial charge in [-0.2, -0.15) is 0 Å². The van der Waals surface area contributed by atoms with Crippen LogP contribution in [0.25, 0.3) is 6.08 Å². The fourth-order valence-electron chi connectivity index (χ4n) is 1.75. The predicted molar refractivity (Wildman–Crippen MR) is 54.6 cm³/mol. The summed E-state index contributed by atoms with van der Waals surface area (Å²) in [5, 5.41) is 0. The number of rotatable bonds is 1. The molecular weight excluding hydrogens is 167 g/mol. The molecule has 0 spiro atoms. The van der Waals surface area contributed by atoms with E-state index in [0.717, 1.165) is 6.04 Å². The van der Waals surface area contributed by atoms with Crippen LogP contribution in [0, 0.1) is 6.92 Å². The molecule has 0 N–H and O–H groups in total. The smallest absolute Gasteiger partial charge is 1.00 e. The molecular formula is C11H12LiSi. The van der Waals surface area contributed by atoms with Crippen LogP contribution in [0.4, 0.5) is 0 Å². The zero-order valence-electron chi connectivity index (χ0n) is 9.17. The third kappa shape index (κ3) is 1.83. The molecule has 0 nitrogen and oxygen atoms in total. The van der Waals surface area contributed by atoms with E-state index in [1.165, 1.54) is 16.7 Å². The van der Waals surface area contributed by atoms with E-state index < -0.39 is 0 Å². The maximum atomic E-state index is 3.57. The van der Waals surface area contributed by atoms with E-state index in [0.29, 0.717) is 5.92 Å². The molecule has 1 aromatic carbocycles. The van der Waals surface area contributed by atoms with Gasteiger partial charge in [0.05, 0.1) is 0 Å². The third-order valence-corrected chi connectivity index (χ3v) is 2.91. The van der Waals surface area contributed by atoms with Gasteiger partial charge in [0.2, 0.25) is 0 Å². The molecule has 3 radical (unpaired) electrons. The Morgan fingerprint density at radius 2 is 2.23 bits per heavy atom. The number of benzene rings is 1. The topological polar surface area (TPSA) is 0 Å². The molecule has 0 saturated carbocycles. The number of fused-ring (bicyclic) bond motifs is 1. The van der Waals surface area contributed by atoms with Crippen LogP contribution in [-0.4, -0.2) is 10.2 Å². The van der Waals surface area contributed by atoms with E-state index in [2.05, 4.69) is 47.5 Å². The van der Waals surface area contributed by atoms with Crippen LogP contribution in [0.2, 0.25) is 6.04 Å². The average molecular weight is 179 g/mol. The van der Waals surface area contributed by atoms with E-state index in [1.807, 2.05) is 0 Å². The summed E-state index contributed by atoms with van der Waals surface area (Å²) in [5.74, 6) is 0.580. The second-order valence-corrected chi connectivity index (χ2v) is 3.66. The monoisotopic (exact) mass is 179 g/mol. The van der Waals surface area contributed by atoms with Gasteiger partial charge in [-0.05, 0) is 29.5 Å². The first kappa shape index (κ1) is 10.9. The van der Waals surface area contributed by atoms with Crippen molar-refractivity contribution in [2.45, 2.75) is 18.9 Å². The summed E-state index contributed by atoms with van der Waals surface area (Å²) in [4.78, 5) is 0. The fraction of sp³-hybridized carbons (Fsp3) is 0.273. The molecule has 0 bridgehead atoms. The Kier molecular flexibility index (Phi) is 3.61. The van der Waals surface area contributed by atoms with E-state index in [9.17, 15) is 0 Å². The van der Waals surface area contributed by atoms with E-state index in [4.69, 9.17) is 0 Å². The molecule has 2 rings (SSSR count). The van der Waals surface area contributed by atoms with Gasteiger partial charge in [0.1, 0.15) is 0 Å². The molecule has 1 atom stereocenters. The minimum absolute atomic E-state index is 0. The number of aryl methyl sites for hydroxylation is 1. The molecule has 0 aromatic heterocycles. The van der Waals surface area contributed by atoms with Gasteiger partial charge in [0.25, 0.3) is 0 Å². The summed E-state index contributed by atoms with van der Waals surface area (Å²) in [7, 11) is 3.57. The molecule has 1 unspecified atom stereocenters. The van der Waals surface area contributed by atoms with Crippen molar-refractivity contribution < 1.29 is 20.3 Å². The van der Waals surface area contributed by atoms with Crippen molar-refractivity contribution in [3.8, 4) is 0 Å². The molecule has 0 fully saturated rings. The first-order chi connectivity index (χ1) is 5.83. The normalized spacial score (nSPS) is 18.2. The van der Waals surface area contributed by atoms with Crippen LogP contribution in [0.5, 0.6) is 0 Å². The van der Waals surface area contributed by atoms with Gasteiger partial charge in [-0.1, -0.05) is 36.4 Å². The number of allylic oxidation sites excluding steroid dienone is 1. The zero-order chi connectivity index (χ0) is 8.55. The van der Waals surface area contributed by atoms with Crippen LogP contribution in [-0.2, 0) is 0 Å². The summed E-state index contributed by atoms with van der Waals surface area (Å²) in [5.41, 5.74) is 4.26. The minimum Gasteiger partial charge on any atom is -1.00 e. The van der Waals surface area contributed by atoms with Crippen LogP contribution in [0.15, 0.2) is 24.3 Å².